The summed E-state index contributed by atoms with van der Waals surface area (Å²) in [7, 11) is 0. The van der Waals surface area contributed by atoms with E-state index in [4.69, 9.17) is 0 Å². The minimum absolute atomic E-state index is 0.0208. The maximum atomic E-state index is 11.3. The van der Waals surface area contributed by atoms with Gasteiger partial charge in [0.2, 0.25) is 0 Å². The maximum absolute atomic E-state index is 11.3. The topological polar surface area (TPSA) is 32.9 Å². The van der Waals surface area contributed by atoms with Gasteiger partial charge in [0.05, 0.1) is 0 Å². The summed E-state index contributed by atoms with van der Waals surface area (Å²) in [5, 5.41) is 0. The van der Waals surface area contributed by atoms with Crippen LogP contribution in [0.4, 0.5) is 0 Å². The Hall–Kier alpha value is -1.83. The lowest BCUT2D eigenvalue weighted by Gasteiger charge is -2.05. The zero-order valence-electron chi connectivity index (χ0n) is 9.79. The van der Waals surface area contributed by atoms with E-state index >= 15 is 0 Å². The Morgan fingerprint density at radius 2 is 1.56 bits per heavy atom. The minimum Gasteiger partial charge on any atom is -0.328 e. The molecule has 2 heteroatoms. The lowest BCUT2D eigenvalue weighted by atomic mass is 10.0. The first-order valence-corrected chi connectivity index (χ1v) is 5.35. The summed E-state index contributed by atoms with van der Waals surface area (Å²) in [5.41, 5.74) is 5.47. The van der Waals surface area contributed by atoms with Gasteiger partial charge in [-0.2, -0.15) is 0 Å². The molecule has 0 radical (unpaired) electrons. The SMILES string of the molecule is Cc1ccc(-c2c[nH]c(=O)c(C)c2)cc1C. The summed E-state index contributed by atoms with van der Waals surface area (Å²) in [6.45, 7) is 6.01. The summed E-state index contributed by atoms with van der Waals surface area (Å²) in [5.74, 6) is 0. The van der Waals surface area contributed by atoms with Crippen LogP contribution in [0.1, 0.15) is 16.7 Å². The Labute approximate surface area is 95.0 Å². The number of hydrogen-bond donors (Lipinski definition) is 1. The number of nitrogens with one attached hydrogen (secondary N) is 1. The molecule has 0 aliphatic carbocycles. The molecular formula is C14H15NO. The second-order valence-electron chi connectivity index (χ2n) is 4.20. The number of aromatic amines is 1. The van der Waals surface area contributed by atoms with Crippen LogP contribution in [0.25, 0.3) is 11.1 Å². The van der Waals surface area contributed by atoms with Crippen molar-refractivity contribution in [3.05, 3.63) is 57.5 Å². The van der Waals surface area contributed by atoms with E-state index in [0.717, 1.165) is 16.7 Å². The molecule has 0 saturated heterocycles. The van der Waals surface area contributed by atoms with Crippen LogP contribution in [-0.2, 0) is 0 Å². The first-order valence-electron chi connectivity index (χ1n) is 5.35. The van der Waals surface area contributed by atoms with Gasteiger partial charge in [-0.3, -0.25) is 4.79 Å². The van der Waals surface area contributed by atoms with Gasteiger partial charge in [0.15, 0.2) is 0 Å². The van der Waals surface area contributed by atoms with E-state index < -0.39 is 0 Å². The molecule has 0 saturated carbocycles. The van der Waals surface area contributed by atoms with Gasteiger partial charge in [-0.1, -0.05) is 18.2 Å². The molecule has 0 aliphatic rings. The number of benzene rings is 1. The van der Waals surface area contributed by atoms with Gasteiger partial charge in [-0.05, 0) is 49.1 Å². The smallest absolute Gasteiger partial charge is 0.250 e. The molecule has 0 unspecified atom stereocenters. The first-order chi connectivity index (χ1) is 7.58. The van der Waals surface area contributed by atoms with Crippen molar-refractivity contribution in [1.29, 1.82) is 0 Å². The summed E-state index contributed by atoms with van der Waals surface area (Å²) in [6, 6.07) is 8.24. The number of aromatic nitrogens is 1. The van der Waals surface area contributed by atoms with Crippen LogP contribution in [0.5, 0.6) is 0 Å². The minimum atomic E-state index is -0.0208. The van der Waals surface area contributed by atoms with Crippen LogP contribution in [0.15, 0.2) is 35.3 Å². The molecule has 0 aliphatic heterocycles. The van der Waals surface area contributed by atoms with Crippen molar-refractivity contribution >= 4 is 0 Å². The fraction of sp³-hybridized carbons (Fsp3) is 0.214. The molecule has 0 amide bonds. The Balaban J connectivity index is 2.54. The van der Waals surface area contributed by atoms with E-state index in [-0.39, 0.29) is 5.56 Å². The molecule has 82 valence electrons. The number of H-pyrrole nitrogens is 1. The Morgan fingerprint density at radius 3 is 2.19 bits per heavy atom. The molecule has 2 rings (SSSR count). The fourth-order valence-corrected chi connectivity index (χ4v) is 1.69. The van der Waals surface area contributed by atoms with Gasteiger partial charge in [-0.25, -0.2) is 0 Å². The van der Waals surface area contributed by atoms with Crippen molar-refractivity contribution < 1.29 is 0 Å². The largest absolute Gasteiger partial charge is 0.328 e. The molecule has 0 spiro atoms. The summed E-state index contributed by atoms with van der Waals surface area (Å²) in [6.07, 6.45) is 1.76. The quantitative estimate of drug-likeness (QED) is 0.776. The number of rotatable bonds is 1. The van der Waals surface area contributed by atoms with Gasteiger partial charge < -0.3 is 4.98 Å². The van der Waals surface area contributed by atoms with E-state index in [2.05, 4.69) is 37.0 Å². The predicted molar refractivity (Wildman–Crippen MR) is 66.7 cm³/mol. The average molecular weight is 213 g/mol. The van der Waals surface area contributed by atoms with E-state index in [1.165, 1.54) is 11.1 Å². The van der Waals surface area contributed by atoms with E-state index in [9.17, 15) is 4.79 Å². The van der Waals surface area contributed by atoms with Gasteiger partial charge in [0.1, 0.15) is 0 Å². The van der Waals surface area contributed by atoms with Crippen LogP contribution in [-0.4, -0.2) is 4.98 Å². The highest BCUT2D eigenvalue weighted by molar-refractivity contribution is 5.64. The average Bonchev–Trinajstić information content (AvgIpc) is 2.26. The van der Waals surface area contributed by atoms with Crippen molar-refractivity contribution in [2.45, 2.75) is 20.8 Å². The monoisotopic (exact) mass is 213 g/mol. The molecule has 16 heavy (non-hydrogen) atoms. The molecule has 2 aromatic rings. The summed E-state index contributed by atoms with van der Waals surface area (Å²) >= 11 is 0. The standard InChI is InChI=1S/C14H15NO/c1-9-4-5-12(6-10(9)2)13-7-11(3)14(16)15-8-13/h4-8H,1-3H3,(H,15,16). The van der Waals surface area contributed by atoms with Crippen molar-refractivity contribution in [2.75, 3.05) is 0 Å². The number of aryl methyl sites for hydroxylation is 3. The predicted octanol–water partition coefficient (Wildman–Crippen LogP) is 2.97. The fourth-order valence-electron chi connectivity index (χ4n) is 1.69. The van der Waals surface area contributed by atoms with Crippen molar-refractivity contribution in [3.63, 3.8) is 0 Å². The molecular weight excluding hydrogens is 198 g/mol. The Morgan fingerprint density at radius 1 is 0.875 bits per heavy atom. The van der Waals surface area contributed by atoms with Gasteiger partial charge >= 0.3 is 0 Å². The molecule has 0 fully saturated rings. The summed E-state index contributed by atoms with van der Waals surface area (Å²) in [4.78, 5) is 14.0. The third-order valence-corrected chi connectivity index (χ3v) is 2.93. The van der Waals surface area contributed by atoms with Gasteiger partial charge in [0, 0.05) is 11.8 Å². The molecule has 1 N–H and O–H groups in total. The first kappa shape index (κ1) is 10.7. The molecule has 1 aromatic heterocycles. The van der Waals surface area contributed by atoms with Crippen molar-refractivity contribution in [3.8, 4) is 11.1 Å². The Bertz CT molecular complexity index is 582. The van der Waals surface area contributed by atoms with Crippen molar-refractivity contribution in [2.24, 2.45) is 0 Å². The molecule has 2 nitrogen and oxygen atoms in total. The van der Waals surface area contributed by atoms with Crippen molar-refractivity contribution in [1.82, 2.24) is 4.98 Å². The van der Waals surface area contributed by atoms with E-state index in [1.807, 2.05) is 13.0 Å². The molecule has 0 bridgehead atoms. The molecule has 0 atom stereocenters. The maximum Gasteiger partial charge on any atom is 0.250 e. The second-order valence-corrected chi connectivity index (χ2v) is 4.20. The Kier molecular flexibility index (Phi) is 2.65. The van der Waals surface area contributed by atoms with E-state index in [1.54, 1.807) is 6.20 Å². The van der Waals surface area contributed by atoms with Crippen LogP contribution in [0, 0.1) is 20.8 Å². The van der Waals surface area contributed by atoms with E-state index in [0.29, 0.717) is 0 Å². The normalized spacial score (nSPS) is 10.4. The highest BCUT2D eigenvalue weighted by atomic mass is 16.1. The zero-order chi connectivity index (χ0) is 11.7. The van der Waals surface area contributed by atoms with Crippen LogP contribution >= 0.6 is 0 Å². The lowest BCUT2D eigenvalue weighted by Crippen LogP contribution is -2.07. The van der Waals surface area contributed by atoms with Gasteiger partial charge in [0.25, 0.3) is 5.56 Å². The zero-order valence-corrected chi connectivity index (χ0v) is 9.79. The lowest BCUT2D eigenvalue weighted by molar-refractivity contribution is 1.18. The van der Waals surface area contributed by atoms with Crippen LogP contribution in [0.2, 0.25) is 0 Å². The summed E-state index contributed by atoms with van der Waals surface area (Å²) < 4.78 is 0. The molecule has 1 heterocycles. The highest BCUT2D eigenvalue weighted by Gasteiger charge is 2.01. The second kappa shape index (κ2) is 3.97. The third kappa shape index (κ3) is 1.91. The number of hydrogen-bond acceptors (Lipinski definition) is 1. The third-order valence-electron chi connectivity index (χ3n) is 2.93. The number of pyridine rings is 1. The van der Waals surface area contributed by atoms with Gasteiger partial charge in [-0.15, -0.1) is 0 Å². The van der Waals surface area contributed by atoms with Crippen LogP contribution < -0.4 is 5.56 Å². The highest BCUT2D eigenvalue weighted by Crippen LogP contribution is 2.21. The molecule has 1 aromatic carbocycles. The van der Waals surface area contributed by atoms with Crippen LogP contribution in [0.3, 0.4) is 0 Å².